The van der Waals surface area contributed by atoms with Crippen molar-refractivity contribution in [1.29, 1.82) is 0 Å². The largest absolute Gasteiger partial charge is 0.456 e. The minimum absolute atomic E-state index is 0.877. The lowest BCUT2D eigenvalue weighted by atomic mass is 9.93. The Morgan fingerprint density at radius 1 is 0.408 bits per heavy atom. The van der Waals surface area contributed by atoms with Crippen molar-refractivity contribution in [3.05, 3.63) is 176 Å². The number of furan rings is 1. The molecule has 0 aliphatic rings. The zero-order valence-electron chi connectivity index (χ0n) is 26.5. The number of para-hydroxylation sites is 1. The van der Waals surface area contributed by atoms with Gasteiger partial charge in [-0.25, -0.2) is 0 Å². The van der Waals surface area contributed by atoms with Gasteiger partial charge in [0.25, 0.3) is 0 Å². The van der Waals surface area contributed by atoms with Crippen LogP contribution in [0.1, 0.15) is 0 Å². The first-order valence-electron chi connectivity index (χ1n) is 16.6. The van der Waals surface area contributed by atoms with Gasteiger partial charge in [-0.3, -0.25) is 0 Å². The second-order valence-electron chi connectivity index (χ2n) is 12.5. The van der Waals surface area contributed by atoms with Crippen LogP contribution >= 0.6 is 11.3 Å². The Balaban J connectivity index is 1.25. The van der Waals surface area contributed by atoms with E-state index in [9.17, 15) is 0 Å². The van der Waals surface area contributed by atoms with Gasteiger partial charge in [-0.2, -0.15) is 0 Å². The quantitative estimate of drug-likeness (QED) is 0.186. The number of nitrogens with zero attached hydrogens (tertiary/aromatic N) is 1. The molecule has 0 aliphatic heterocycles. The summed E-state index contributed by atoms with van der Waals surface area (Å²) in [6.07, 6.45) is 0. The van der Waals surface area contributed by atoms with E-state index < -0.39 is 0 Å². The molecule has 0 saturated heterocycles. The van der Waals surface area contributed by atoms with Crippen molar-refractivity contribution in [2.45, 2.75) is 0 Å². The van der Waals surface area contributed by atoms with Crippen LogP contribution in [0.5, 0.6) is 0 Å². The van der Waals surface area contributed by atoms with Crippen LogP contribution in [0.2, 0.25) is 0 Å². The number of fused-ring (bicyclic) bond motifs is 7. The van der Waals surface area contributed by atoms with E-state index in [1.807, 2.05) is 23.5 Å². The van der Waals surface area contributed by atoms with Gasteiger partial charge in [-0.05, 0) is 81.6 Å². The summed E-state index contributed by atoms with van der Waals surface area (Å²) in [7, 11) is 0. The highest BCUT2D eigenvalue weighted by Crippen LogP contribution is 2.47. The highest BCUT2D eigenvalue weighted by atomic mass is 32.1. The number of thiophene rings is 1. The normalized spacial score (nSPS) is 11.7. The third-order valence-electron chi connectivity index (χ3n) is 9.64. The lowest BCUT2D eigenvalue weighted by Crippen LogP contribution is -2.10. The summed E-state index contributed by atoms with van der Waals surface area (Å²) in [4.78, 5) is 2.41. The van der Waals surface area contributed by atoms with Crippen molar-refractivity contribution < 1.29 is 4.42 Å². The Bertz CT molecular complexity index is 2830. The van der Waals surface area contributed by atoms with Gasteiger partial charge >= 0.3 is 0 Å². The maximum Gasteiger partial charge on any atom is 0.137 e. The predicted octanol–water partition coefficient (Wildman–Crippen LogP) is 13.9. The molecule has 3 heteroatoms. The molecule has 10 aromatic rings. The summed E-state index contributed by atoms with van der Waals surface area (Å²) in [5, 5.41) is 7.33. The van der Waals surface area contributed by atoms with E-state index in [0.717, 1.165) is 39.0 Å². The topological polar surface area (TPSA) is 16.4 Å². The maximum absolute atomic E-state index is 6.44. The van der Waals surface area contributed by atoms with Crippen molar-refractivity contribution in [1.82, 2.24) is 0 Å². The molecule has 10 rings (SSSR count). The molecule has 0 spiro atoms. The van der Waals surface area contributed by atoms with Crippen LogP contribution in [0, 0.1) is 0 Å². The molecule has 0 N–H and O–H groups in total. The van der Waals surface area contributed by atoms with E-state index in [2.05, 4.69) is 169 Å². The lowest BCUT2D eigenvalue weighted by Gasteiger charge is -2.27. The highest BCUT2D eigenvalue weighted by molar-refractivity contribution is 7.26. The first kappa shape index (κ1) is 27.9. The molecule has 0 bridgehead atoms. The number of rotatable bonds is 5. The molecule has 2 nitrogen and oxygen atoms in total. The standard InChI is InChI=1S/C46H29NOS/c1-3-12-30(13-4-1)36-24-22-34(28-40(36)31-14-5-2-6-15-31)47(35-23-25-38-37-18-9-10-21-43(37)48-44(38)29-35)42-20-11-19-39-41-26-32-16-7-8-17-33(32)27-45(41)49-46(39)42/h1-29H. The molecule has 0 saturated carbocycles. The lowest BCUT2D eigenvalue weighted by molar-refractivity contribution is 0.669. The van der Waals surface area contributed by atoms with E-state index in [1.165, 1.54) is 53.2 Å². The second-order valence-corrected chi connectivity index (χ2v) is 13.6. The first-order valence-corrected chi connectivity index (χ1v) is 17.4. The fourth-order valence-electron chi connectivity index (χ4n) is 7.32. The number of anilines is 3. The molecule has 0 unspecified atom stereocenters. The average Bonchev–Trinajstić information content (AvgIpc) is 3.72. The molecule has 0 atom stereocenters. The van der Waals surface area contributed by atoms with Crippen molar-refractivity contribution in [2.24, 2.45) is 0 Å². The molecular weight excluding hydrogens is 615 g/mol. The van der Waals surface area contributed by atoms with Crippen LogP contribution in [0.15, 0.2) is 180 Å². The summed E-state index contributed by atoms with van der Waals surface area (Å²) >= 11 is 1.86. The van der Waals surface area contributed by atoms with E-state index in [1.54, 1.807) is 0 Å². The van der Waals surface area contributed by atoms with Crippen molar-refractivity contribution in [3.63, 3.8) is 0 Å². The molecule has 230 valence electrons. The van der Waals surface area contributed by atoms with Gasteiger partial charge in [0.15, 0.2) is 0 Å². The predicted molar refractivity (Wildman–Crippen MR) is 210 cm³/mol. The van der Waals surface area contributed by atoms with E-state index >= 15 is 0 Å². The Morgan fingerprint density at radius 2 is 1.04 bits per heavy atom. The maximum atomic E-state index is 6.44. The number of hydrogen-bond donors (Lipinski definition) is 0. The van der Waals surface area contributed by atoms with Crippen LogP contribution in [0.3, 0.4) is 0 Å². The molecular formula is C46H29NOS. The third-order valence-corrected chi connectivity index (χ3v) is 10.8. The van der Waals surface area contributed by atoms with Crippen LogP contribution in [0.25, 0.3) is 75.1 Å². The molecule has 2 aromatic heterocycles. The SMILES string of the molecule is c1ccc(-c2ccc(N(c3ccc4c(c3)oc3ccccc34)c3cccc4c3sc3cc5ccccc5cc34)cc2-c2ccccc2)cc1. The van der Waals surface area contributed by atoms with Crippen molar-refractivity contribution in [2.75, 3.05) is 4.90 Å². The Labute approximate surface area is 287 Å². The summed E-state index contributed by atoms with van der Waals surface area (Å²) in [6.45, 7) is 0. The van der Waals surface area contributed by atoms with Crippen molar-refractivity contribution >= 4 is 81.3 Å². The van der Waals surface area contributed by atoms with E-state index in [4.69, 9.17) is 4.42 Å². The zero-order valence-corrected chi connectivity index (χ0v) is 27.3. The third kappa shape index (κ3) is 4.62. The van der Waals surface area contributed by atoms with E-state index in [-0.39, 0.29) is 0 Å². The van der Waals surface area contributed by atoms with Gasteiger partial charge in [0, 0.05) is 43.7 Å². The molecule has 8 aromatic carbocycles. The fourth-order valence-corrected chi connectivity index (χ4v) is 8.56. The van der Waals surface area contributed by atoms with Crippen LogP contribution < -0.4 is 4.90 Å². The summed E-state index contributed by atoms with van der Waals surface area (Å²) in [5.41, 5.74) is 9.83. The molecule has 0 radical (unpaired) electrons. The van der Waals surface area contributed by atoms with E-state index in [0.29, 0.717) is 0 Å². The zero-order chi connectivity index (χ0) is 32.3. The monoisotopic (exact) mass is 643 g/mol. The van der Waals surface area contributed by atoms with Crippen LogP contribution in [0.4, 0.5) is 17.1 Å². The molecule has 49 heavy (non-hydrogen) atoms. The summed E-state index contributed by atoms with van der Waals surface area (Å²) < 4.78 is 8.99. The van der Waals surface area contributed by atoms with Crippen LogP contribution in [-0.2, 0) is 0 Å². The molecule has 0 amide bonds. The molecule has 0 aliphatic carbocycles. The minimum atomic E-state index is 0.877. The van der Waals surface area contributed by atoms with Crippen molar-refractivity contribution in [3.8, 4) is 22.3 Å². The summed E-state index contributed by atoms with van der Waals surface area (Å²) in [5.74, 6) is 0. The van der Waals surface area contributed by atoms with Gasteiger partial charge in [0.05, 0.1) is 10.4 Å². The molecule has 2 heterocycles. The van der Waals surface area contributed by atoms with Gasteiger partial charge in [0.2, 0.25) is 0 Å². The number of benzene rings is 8. The smallest absolute Gasteiger partial charge is 0.137 e. The Kier molecular flexibility index (Phi) is 6.39. The fraction of sp³-hybridized carbons (Fsp3) is 0. The van der Waals surface area contributed by atoms with Gasteiger partial charge in [-0.15, -0.1) is 11.3 Å². The average molecular weight is 644 g/mol. The highest BCUT2D eigenvalue weighted by Gasteiger charge is 2.21. The molecule has 0 fully saturated rings. The van der Waals surface area contributed by atoms with Gasteiger partial charge in [-0.1, -0.05) is 121 Å². The van der Waals surface area contributed by atoms with Gasteiger partial charge < -0.3 is 9.32 Å². The van der Waals surface area contributed by atoms with Crippen LogP contribution in [-0.4, -0.2) is 0 Å². The summed E-state index contributed by atoms with van der Waals surface area (Å²) in [6, 6.07) is 63.2. The Morgan fingerprint density at radius 3 is 1.86 bits per heavy atom. The Hall–Kier alpha value is -6.16. The second kappa shape index (κ2) is 11.2. The first-order chi connectivity index (χ1) is 24.3. The minimum Gasteiger partial charge on any atom is -0.456 e. The van der Waals surface area contributed by atoms with Gasteiger partial charge in [0.1, 0.15) is 11.2 Å². The number of hydrogen-bond acceptors (Lipinski definition) is 3.